The topological polar surface area (TPSA) is 80.4 Å². The third-order valence-electron chi connectivity index (χ3n) is 4.32. The van der Waals surface area contributed by atoms with Crippen molar-refractivity contribution in [2.75, 3.05) is 16.8 Å². The standard InChI is InChI=1S/C16H21N7OS/c1-16(2,3)12-9-23-15(19-12)25-14(20-23)18-11-5-6-22(13(11)24)10-7-17-21(4)8-10/h7-9,11H,5-6H2,1-4H3,(H,18,20). The summed E-state index contributed by atoms with van der Waals surface area (Å²) >= 11 is 1.47. The number of carbonyl (C=O) groups excluding carboxylic acids is 1. The lowest BCUT2D eigenvalue weighted by Gasteiger charge is -2.14. The molecule has 4 rings (SSSR count). The average Bonchev–Trinajstić information content (AvgIpc) is 3.24. The number of fused-ring (bicyclic) bond motifs is 1. The summed E-state index contributed by atoms with van der Waals surface area (Å²) in [6.07, 6.45) is 6.26. The molecule has 132 valence electrons. The Balaban J connectivity index is 1.50. The first kappa shape index (κ1) is 16.1. The van der Waals surface area contributed by atoms with Gasteiger partial charge in [0.15, 0.2) is 0 Å². The second-order valence-corrected chi connectivity index (χ2v) is 8.31. The van der Waals surface area contributed by atoms with Crippen LogP contribution in [-0.4, -0.2) is 42.9 Å². The number of nitrogens with zero attached hydrogens (tertiary/aromatic N) is 6. The van der Waals surface area contributed by atoms with E-state index in [0.717, 1.165) is 22.8 Å². The first-order valence-corrected chi connectivity index (χ1v) is 9.06. The second kappa shape index (κ2) is 5.55. The average molecular weight is 359 g/mol. The number of anilines is 2. The Morgan fingerprint density at radius 3 is 2.76 bits per heavy atom. The quantitative estimate of drug-likeness (QED) is 0.774. The number of imidazole rings is 1. The van der Waals surface area contributed by atoms with Gasteiger partial charge >= 0.3 is 0 Å². The van der Waals surface area contributed by atoms with E-state index in [1.54, 1.807) is 20.3 Å². The molecule has 1 N–H and O–H groups in total. The van der Waals surface area contributed by atoms with Crippen molar-refractivity contribution in [1.82, 2.24) is 24.4 Å². The van der Waals surface area contributed by atoms with Crippen LogP contribution < -0.4 is 10.2 Å². The fourth-order valence-electron chi connectivity index (χ4n) is 2.89. The molecule has 25 heavy (non-hydrogen) atoms. The fourth-order valence-corrected chi connectivity index (χ4v) is 3.72. The molecule has 1 saturated heterocycles. The van der Waals surface area contributed by atoms with Crippen LogP contribution in [0.3, 0.4) is 0 Å². The van der Waals surface area contributed by atoms with Crippen molar-refractivity contribution in [3.63, 3.8) is 0 Å². The summed E-state index contributed by atoms with van der Waals surface area (Å²) in [6, 6.07) is -0.266. The van der Waals surface area contributed by atoms with Gasteiger partial charge in [-0.2, -0.15) is 5.10 Å². The van der Waals surface area contributed by atoms with E-state index >= 15 is 0 Å². The molecule has 1 unspecified atom stereocenters. The van der Waals surface area contributed by atoms with Crippen molar-refractivity contribution in [3.05, 3.63) is 24.3 Å². The van der Waals surface area contributed by atoms with Crippen LogP contribution in [0.2, 0.25) is 0 Å². The van der Waals surface area contributed by atoms with Crippen LogP contribution in [0.5, 0.6) is 0 Å². The van der Waals surface area contributed by atoms with Gasteiger partial charge in [-0.1, -0.05) is 32.1 Å². The van der Waals surface area contributed by atoms with Crippen LogP contribution in [0.1, 0.15) is 32.9 Å². The zero-order valence-corrected chi connectivity index (χ0v) is 15.5. The number of rotatable bonds is 3. The highest BCUT2D eigenvalue weighted by atomic mass is 32.1. The summed E-state index contributed by atoms with van der Waals surface area (Å²) in [4.78, 5) is 19.9. The number of hydrogen-bond donors (Lipinski definition) is 1. The summed E-state index contributed by atoms with van der Waals surface area (Å²) in [7, 11) is 1.84. The molecule has 1 atom stereocenters. The zero-order chi connectivity index (χ0) is 17.8. The third kappa shape index (κ3) is 2.88. The van der Waals surface area contributed by atoms with Crippen LogP contribution >= 0.6 is 11.3 Å². The van der Waals surface area contributed by atoms with Crippen molar-refractivity contribution in [3.8, 4) is 0 Å². The maximum absolute atomic E-state index is 12.6. The van der Waals surface area contributed by atoms with Gasteiger partial charge in [0, 0.05) is 25.2 Å². The minimum absolute atomic E-state index is 0.00729. The molecule has 0 spiro atoms. The Bertz CT molecular complexity index is 900. The Morgan fingerprint density at radius 2 is 2.12 bits per heavy atom. The van der Waals surface area contributed by atoms with E-state index < -0.39 is 0 Å². The van der Waals surface area contributed by atoms with Crippen molar-refractivity contribution in [2.24, 2.45) is 7.05 Å². The Labute approximate surface area is 149 Å². The van der Waals surface area contributed by atoms with Gasteiger partial charge in [0.1, 0.15) is 6.04 Å². The molecule has 1 fully saturated rings. The number of nitrogens with one attached hydrogen (secondary N) is 1. The number of hydrogen-bond acceptors (Lipinski definition) is 6. The van der Waals surface area contributed by atoms with Gasteiger partial charge < -0.3 is 10.2 Å². The van der Waals surface area contributed by atoms with Crippen LogP contribution in [0.15, 0.2) is 18.6 Å². The van der Waals surface area contributed by atoms with Crippen molar-refractivity contribution in [1.29, 1.82) is 0 Å². The summed E-state index contributed by atoms with van der Waals surface area (Å²) in [6.45, 7) is 7.06. The Kier molecular flexibility index (Phi) is 3.57. The molecule has 3 aromatic heterocycles. The minimum atomic E-state index is -0.266. The van der Waals surface area contributed by atoms with Gasteiger partial charge in [-0.25, -0.2) is 9.50 Å². The predicted octanol–water partition coefficient (Wildman–Crippen LogP) is 2.04. The van der Waals surface area contributed by atoms with Gasteiger partial charge in [0.05, 0.1) is 23.8 Å². The first-order chi connectivity index (χ1) is 11.8. The maximum Gasteiger partial charge on any atom is 0.249 e. The molecule has 1 aliphatic heterocycles. The van der Waals surface area contributed by atoms with Gasteiger partial charge in [-0.15, -0.1) is 5.10 Å². The van der Waals surface area contributed by atoms with E-state index in [0.29, 0.717) is 11.7 Å². The molecule has 9 heteroatoms. The van der Waals surface area contributed by atoms with Crippen molar-refractivity contribution < 1.29 is 4.79 Å². The molecule has 4 heterocycles. The lowest BCUT2D eigenvalue weighted by atomic mass is 9.93. The smallest absolute Gasteiger partial charge is 0.249 e. The number of carbonyl (C=O) groups is 1. The van der Waals surface area contributed by atoms with Crippen LogP contribution in [0.4, 0.5) is 10.8 Å². The van der Waals surface area contributed by atoms with Crippen LogP contribution in [-0.2, 0) is 17.3 Å². The van der Waals surface area contributed by atoms with E-state index in [-0.39, 0.29) is 17.4 Å². The SMILES string of the molecule is Cn1cc(N2CCC(Nc3nn4cc(C(C)(C)C)nc4s3)C2=O)cn1. The summed E-state index contributed by atoms with van der Waals surface area (Å²) in [5.41, 5.74) is 1.84. The van der Waals surface area contributed by atoms with E-state index in [9.17, 15) is 4.79 Å². The molecule has 1 amide bonds. The summed E-state index contributed by atoms with van der Waals surface area (Å²) < 4.78 is 3.48. The molecule has 0 aliphatic carbocycles. The third-order valence-corrected chi connectivity index (χ3v) is 5.17. The molecule has 0 radical (unpaired) electrons. The van der Waals surface area contributed by atoms with Gasteiger partial charge in [-0.3, -0.25) is 9.48 Å². The van der Waals surface area contributed by atoms with E-state index in [2.05, 4.69) is 41.3 Å². The zero-order valence-electron chi connectivity index (χ0n) is 14.7. The monoisotopic (exact) mass is 359 g/mol. The highest BCUT2D eigenvalue weighted by Crippen LogP contribution is 2.28. The Morgan fingerprint density at radius 1 is 1.32 bits per heavy atom. The predicted molar refractivity (Wildman–Crippen MR) is 97.2 cm³/mol. The second-order valence-electron chi connectivity index (χ2n) is 7.36. The Hall–Kier alpha value is -2.42. The lowest BCUT2D eigenvalue weighted by Crippen LogP contribution is -2.33. The van der Waals surface area contributed by atoms with Crippen LogP contribution in [0, 0.1) is 0 Å². The molecule has 1 aliphatic rings. The van der Waals surface area contributed by atoms with E-state index in [1.807, 2.05) is 19.4 Å². The van der Waals surface area contributed by atoms with E-state index in [1.165, 1.54) is 11.3 Å². The highest BCUT2D eigenvalue weighted by molar-refractivity contribution is 7.20. The molecular formula is C16H21N7OS. The van der Waals surface area contributed by atoms with Crippen molar-refractivity contribution >= 4 is 33.0 Å². The number of aryl methyl sites for hydroxylation is 1. The highest BCUT2D eigenvalue weighted by Gasteiger charge is 2.34. The maximum atomic E-state index is 12.6. The largest absolute Gasteiger partial charge is 0.348 e. The van der Waals surface area contributed by atoms with Gasteiger partial charge in [0.2, 0.25) is 16.0 Å². The van der Waals surface area contributed by atoms with Crippen molar-refractivity contribution in [2.45, 2.75) is 38.6 Å². The van der Waals surface area contributed by atoms with E-state index in [4.69, 9.17) is 0 Å². The molecule has 0 saturated carbocycles. The number of amides is 1. The molecule has 3 aromatic rings. The molecule has 0 aromatic carbocycles. The van der Waals surface area contributed by atoms with Crippen LogP contribution in [0.25, 0.3) is 4.96 Å². The first-order valence-electron chi connectivity index (χ1n) is 8.24. The van der Waals surface area contributed by atoms with Gasteiger partial charge in [-0.05, 0) is 6.42 Å². The summed E-state index contributed by atoms with van der Waals surface area (Å²) in [5, 5.41) is 12.6. The normalized spacial score (nSPS) is 18.5. The minimum Gasteiger partial charge on any atom is -0.348 e. The number of aromatic nitrogens is 5. The lowest BCUT2D eigenvalue weighted by molar-refractivity contribution is -0.117. The molecule has 8 nitrogen and oxygen atoms in total. The molecule has 0 bridgehead atoms. The summed E-state index contributed by atoms with van der Waals surface area (Å²) in [5.74, 6) is 0.0521. The fraction of sp³-hybridized carbons (Fsp3) is 0.500. The van der Waals surface area contributed by atoms with Gasteiger partial charge in [0.25, 0.3) is 0 Å². The molecular weight excluding hydrogens is 338 g/mol.